The van der Waals surface area contributed by atoms with E-state index in [1.165, 1.54) is 19.3 Å². The van der Waals surface area contributed by atoms with E-state index >= 15 is 0 Å². The Kier molecular flexibility index (Phi) is 5.33. The summed E-state index contributed by atoms with van der Waals surface area (Å²) in [4.78, 5) is 23.4. The number of carbonyl (C=O) groups is 1. The lowest BCUT2D eigenvalue weighted by atomic mass is 10.1. The number of anilines is 3. The number of nitrogens with zero attached hydrogens (tertiary/aromatic N) is 3. The van der Waals surface area contributed by atoms with Crippen LogP contribution >= 0.6 is 0 Å². The molecule has 1 aliphatic heterocycles. The molecule has 142 valence electrons. The Labute approximate surface area is 165 Å². The summed E-state index contributed by atoms with van der Waals surface area (Å²) in [5, 5.41) is 3.37. The lowest BCUT2D eigenvalue weighted by Crippen LogP contribution is -2.30. The normalized spacial score (nSPS) is 14.0. The Morgan fingerprint density at radius 3 is 2.32 bits per heavy atom. The number of Topliss-reactive ketones (excluding diaryl/α,β-unsaturated/α-hetero) is 1. The second kappa shape index (κ2) is 8.21. The monoisotopic (exact) mass is 372 g/mol. The summed E-state index contributed by atoms with van der Waals surface area (Å²) in [7, 11) is 0. The summed E-state index contributed by atoms with van der Waals surface area (Å²) in [5.74, 6) is 2.49. The maximum Gasteiger partial charge on any atom is 0.163 e. The van der Waals surface area contributed by atoms with Gasteiger partial charge in [-0.25, -0.2) is 9.97 Å². The molecule has 2 heterocycles. The van der Waals surface area contributed by atoms with Gasteiger partial charge in [0, 0.05) is 36.0 Å². The van der Waals surface area contributed by atoms with Gasteiger partial charge < -0.3 is 10.2 Å². The van der Waals surface area contributed by atoms with Crippen LogP contribution in [0.5, 0.6) is 0 Å². The van der Waals surface area contributed by atoms with Crippen LogP contribution in [0.15, 0.2) is 60.7 Å². The van der Waals surface area contributed by atoms with Gasteiger partial charge in [-0.05, 0) is 50.5 Å². The molecule has 5 nitrogen and oxygen atoms in total. The molecule has 2 aromatic carbocycles. The third-order valence-electron chi connectivity index (χ3n) is 4.99. The predicted octanol–water partition coefficient (Wildman–Crippen LogP) is 5.08. The van der Waals surface area contributed by atoms with Crippen LogP contribution in [0.1, 0.15) is 36.5 Å². The standard InChI is InChI=1S/C23H24N4O/c1-17(28)18-10-12-20(13-11-18)24-21-16-22(27-14-6-3-7-15-27)26-23(25-21)19-8-4-2-5-9-19/h2,4-5,8-13,16H,3,6-7,14-15H2,1H3,(H,24,25,26). The largest absolute Gasteiger partial charge is 0.356 e. The lowest BCUT2D eigenvalue weighted by molar-refractivity contribution is 0.101. The average Bonchev–Trinajstić information content (AvgIpc) is 2.75. The van der Waals surface area contributed by atoms with Crippen LogP contribution in [0.4, 0.5) is 17.3 Å². The van der Waals surface area contributed by atoms with Gasteiger partial charge in [0.25, 0.3) is 0 Å². The van der Waals surface area contributed by atoms with Crippen molar-refractivity contribution in [3.05, 3.63) is 66.2 Å². The summed E-state index contributed by atoms with van der Waals surface area (Å²) in [6.45, 7) is 3.62. The number of hydrogen-bond donors (Lipinski definition) is 1. The van der Waals surface area contributed by atoms with E-state index in [0.717, 1.165) is 36.0 Å². The Morgan fingerprint density at radius 2 is 1.64 bits per heavy atom. The number of ketones is 1. The number of carbonyl (C=O) groups excluding carboxylic acids is 1. The molecule has 0 aliphatic carbocycles. The van der Waals surface area contributed by atoms with E-state index in [4.69, 9.17) is 9.97 Å². The molecule has 0 amide bonds. The molecular weight excluding hydrogens is 348 g/mol. The van der Waals surface area contributed by atoms with Gasteiger partial charge >= 0.3 is 0 Å². The predicted molar refractivity (Wildman–Crippen MR) is 113 cm³/mol. The van der Waals surface area contributed by atoms with Crippen molar-refractivity contribution in [1.82, 2.24) is 9.97 Å². The fraction of sp³-hybridized carbons (Fsp3) is 0.261. The quantitative estimate of drug-likeness (QED) is 0.633. The van der Waals surface area contributed by atoms with E-state index in [1.807, 2.05) is 60.7 Å². The minimum Gasteiger partial charge on any atom is -0.356 e. The van der Waals surface area contributed by atoms with Crippen molar-refractivity contribution in [2.75, 3.05) is 23.3 Å². The molecule has 1 fully saturated rings. The van der Waals surface area contributed by atoms with Crippen LogP contribution in [0.3, 0.4) is 0 Å². The first-order valence-corrected chi connectivity index (χ1v) is 9.76. The number of piperidine rings is 1. The second-order valence-electron chi connectivity index (χ2n) is 7.11. The van der Waals surface area contributed by atoms with Gasteiger partial charge in [0.05, 0.1) is 0 Å². The molecule has 1 N–H and O–H groups in total. The smallest absolute Gasteiger partial charge is 0.163 e. The first-order valence-electron chi connectivity index (χ1n) is 9.76. The van der Waals surface area contributed by atoms with Crippen molar-refractivity contribution in [2.24, 2.45) is 0 Å². The Hall–Kier alpha value is -3.21. The molecule has 0 atom stereocenters. The lowest BCUT2D eigenvalue weighted by Gasteiger charge is -2.28. The van der Waals surface area contributed by atoms with Gasteiger partial charge in [0.15, 0.2) is 11.6 Å². The van der Waals surface area contributed by atoms with E-state index < -0.39 is 0 Å². The van der Waals surface area contributed by atoms with Gasteiger partial charge in [0.2, 0.25) is 0 Å². The summed E-state index contributed by atoms with van der Waals surface area (Å²) in [5.41, 5.74) is 2.59. The van der Waals surface area contributed by atoms with Crippen molar-refractivity contribution in [2.45, 2.75) is 26.2 Å². The average molecular weight is 372 g/mol. The van der Waals surface area contributed by atoms with E-state index in [9.17, 15) is 4.79 Å². The Bertz CT molecular complexity index is 948. The zero-order chi connectivity index (χ0) is 19.3. The maximum atomic E-state index is 11.5. The van der Waals surface area contributed by atoms with E-state index in [2.05, 4.69) is 10.2 Å². The number of benzene rings is 2. The van der Waals surface area contributed by atoms with E-state index in [1.54, 1.807) is 6.92 Å². The van der Waals surface area contributed by atoms with Crippen LogP contribution in [0.25, 0.3) is 11.4 Å². The highest BCUT2D eigenvalue weighted by Crippen LogP contribution is 2.26. The molecule has 0 bridgehead atoms. The molecule has 1 aromatic heterocycles. The molecule has 0 spiro atoms. The zero-order valence-electron chi connectivity index (χ0n) is 16.1. The van der Waals surface area contributed by atoms with Crippen LogP contribution in [-0.4, -0.2) is 28.8 Å². The topological polar surface area (TPSA) is 58.1 Å². The summed E-state index contributed by atoms with van der Waals surface area (Å²) < 4.78 is 0. The zero-order valence-corrected chi connectivity index (χ0v) is 16.1. The fourth-order valence-corrected chi connectivity index (χ4v) is 3.44. The van der Waals surface area contributed by atoms with Gasteiger partial charge in [-0.1, -0.05) is 30.3 Å². The third kappa shape index (κ3) is 4.19. The molecule has 4 rings (SSSR count). The maximum absolute atomic E-state index is 11.5. The highest BCUT2D eigenvalue weighted by molar-refractivity contribution is 5.94. The highest BCUT2D eigenvalue weighted by Gasteiger charge is 2.15. The first kappa shape index (κ1) is 18.2. The minimum absolute atomic E-state index is 0.0623. The van der Waals surface area contributed by atoms with E-state index in [-0.39, 0.29) is 5.78 Å². The molecule has 0 unspecified atom stereocenters. The SMILES string of the molecule is CC(=O)c1ccc(Nc2cc(N3CCCCC3)nc(-c3ccccc3)n2)cc1. The molecule has 0 radical (unpaired) electrons. The summed E-state index contributed by atoms with van der Waals surface area (Å²) in [6.07, 6.45) is 3.67. The molecule has 28 heavy (non-hydrogen) atoms. The van der Waals surface area contributed by atoms with Gasteiger partial charge in [-0.15, -0.1) is 0 Å². The van der Waals surface area contributed by atoms with Crippen LogP contribution < -0.4 is 10.2 Å². The van der Waals surface area contributed by atoms with Gasteiger partial charge in [0.1, 0.15) is 11.6 Å². The van der Waals surface area contributed by atoms with Gasteiger partial charge in [-0.3, -0.25) is 4.79 Å². The van der Waals surface area contributed by atoms with Crippen molar-refractivity contribution >= 4 is 23.1 Å². The number of rotatable bonds is 5. The minimum atomic E-state index is 0.0623. The van der Waals surface area contributed by atoms with Crippen molar-refractivity contribution in [1.29, 1.82) is 0 Å². The molecule has 1 saturated heterocycles. The molecule has 5 heteroatoms. The number of nitrogens with one attached hydrogen (secondary N) is 1. The molecular formula is C23H24N4O. The Balaban J connectivity index is 1.67. The molecule has 1 aliphatic rings. The number of aromatic nitrogens is 2. The number of hydrogen-bond acceptors (Lipinski definition) is 5. The van der Waals surface area contributed by atoms with Crippen LogP contribution in [0, 0.1) is 0 Å². The van der Waals surface area contributed by atoms with E-state index in [0.29, 0.717) is 11.4 Å². The first-order chi connectivity index (χ1) is 13.7. The van der Waals surface area contributed by atoms with Gasteiger partial charge in [-0.2, -0.15) is 0 Å². The Morgan fingerprint density at radius 1 is 0.929 bits per heavy atom. The van der Waals surface area contributed by atoms with Crippen molar-refractivity contribution in [3.63, 3.8) is 0 Å². The highest BCUT2D eigenvalue weighted by atomic mass is 16.1. The second-order valence-corrected chi connectivity index (χ2v) is 7.11. The summed E-state index contributed by atoms with van der Waals surface area (Å²) >= 11 is 0. The molecule has 0 saturated carbocycles. The van der Waals surface area contributed by atoms with Crippen molar-refractivity contribution < 1.29 is 4.79 Å². The molecule has 3 aromatic rings. The van der Waals surface area contributed by atoms with Crippen LogP contribution in [-0.2, 0) is 0 Å². The fourth-order valence-electron chi connectivity index (χ4n) is 3.44. The summed E-state index contributed by atoms with van der Waals surface area (Å²) in [6, 6.07) is 19.5. The third-order valence-corrected chi connectivity index (χ3v) is 4.99. The van der Waals surface area contributed by atoms with Crippen LogP contribution in [0.2, 0.25) is 0 Å². The van der Waals surface area contributed by atoms with Crippen molar-refractivity contribution in [3.8, 4) is 11.4 Å².